The Bertz CT molecular complexity index is 8.00. The minimum atomic E-state index is 0. The van der Waals surface area contributed by atoms with Crippen LogP contribution in [-0.4, -0.2) is 18.9 Å². The molecule has 1 radical (unpaired) electrons. The summed E-state index contributed by atoms with van der Waals surface area (Å²) in [6, 6.07) is 0. The van der Waals surface area contributed by atoms with Crippen molar-refractivity contribution in [3.63, 3.8) is 0 Å². The van der Waals surface area contributed by atoms with Gasteiger partial charge in [-0.15, -0.1) is 0 Å². The summed E-state index contributed by atoms with van der Waals surface area (Å²) in [5.74, 6) is 0. The van der Waals surface area contributed by atoms with E-state index in [1.54, 1.807) is 0 Å². The molecule has 0 unspecified atom stereocenters. The van der Waals surface area contributed by atoms with Gasteiger partial charge in [0.1, 0.15) is 0 Å². The van der Waals surface area contributed by atoms with Crippen LogP contribution in [0.5, 0.6) is 0 Å². The van der Waals surface area contributed by atoms with Crippen molar-refractivity contribution in [2.45, 2.75) is 0 Å². The van der Waals surface area contributed by atoms with Crippen molar-refractivity contribution in [1.82, 2.24) is 0 Å². The van der Waals surface area contributed by atoms with Crippen molar-refractivity contribution in [2.75, 3.05) is 0 Å². The maximum absolute atomic E-state index is 8.25. The zero-order valence-corrected chi connectivity index (χ0v) is 6.67. The Balaban J connectivity index is -0.00000000500. The van der Waals surface area contributed by atoms with Gasteiger partial charge in [0, 0.05) is 35.6 Å². The summed E-state index contributed by atoms with van der Waals surface area (Å²) >= 11 is 0.750. The first-order chi connectivity index (χ1) is 1.00. The Morgan fingerprint density at radius 1 is 1.25 bits per heavy atom. The van der Waals surface area contributed by atoms with Gasteiger partial charge in [0.2, 0.25) is 0 Å². The molecular formula is HLaLiOTi. The van der Waals surface area contributed by atoms with Gasteiger partial charge >= 0.3 is 42.6 Å². The standard InChI is InChI=1S/La.Li.O.Ti.H. The molecule has 0 aliphatic carbocycles. The van der Waals surface area contributed by atoms with Crippen molar-refractivity contribution in [3.8, 4) is 0 Å². The molecule has 0 saturated carbocycles. The predicted octanol–water partition coefficient (Wildman–Crippen LogP) is -0.770. The fourth-order valence-corrected chi connectivity index (χ4v) is 0. The first-order valence-electron chi connectivity index (χ1n) is 0.204. The first kappa shape index (κ1) is 16.2. The van der Waals surface area contributed by atoms with E-state index in [2.05, 4.69) is 0 Å². The number of hydrogen-bond acceptors (Lipinski definition) is 1. The summed E-state index contributed by atoms with van der Waals surface area (Å²) in [7, 11) is 0. The van der Waals surface area contributed by atoms with E-state index < -0.39 is 0 Å². The van der Waals surface area contributed by atoms with Gasteiger partial charge in [-0.25, -0.2) is 0 Å². The Hall–Kier alpha value is 2.31. The zero-order chi connectivity index (χ0) is 2.00. The van der Waals surface area contributed by atoms with Crippen molar-refractivity contribution < 1.29 is 59.3 Å². The topological polar surface area (TPSA) is 17.1 Å². The van der Waals surface area contributed by atoms with Crippen LogP contribution >= 0.6 is 0 Å². The Labute approximate surface area is 76.8 Å². The van der Waals surface area contributed by atoms with Gasteiger partial charge in [-0.3, -0.25) is 0 Å². The molecule has 0 aromatic heterocycles. The molecule has 0 aliphatic heterocycles. The van der Waals surface area contributed by atoms with Crippen LogP contribution < -0.4 is 0 Å². The summed E-state index contributed by atoms with van der Waals surface area (Å²) in [4.78, 5) is 0. The second-order valence-corrected chi connectivity index (χ2v) is 0. The van der Waals surface area contributed by atoms with Crippen LogP contribution in [0, 0.1) is 35.6 Å². The van der Waals surface area contributed by atoms with Crippen LogP contribution in [0.15, 0.2) is 0 Å². The first-order valence-corrected chi connectivity index (χ1v) is 0.842. The molecule has 0 rings (SSSR count). The monoisotopic (exact) mass is 211 g/mol. The molecule has 0 spiro atoms. The SMILES string of the molecule is [La].[LiH].[O]=[Ti]. The van der Waals surface area contributed by atoms with Crippen LogP contribution in [0.2, 0.25) is 0 Å². The van der Waals surface area contributed by atoms with Crippen LogP contribution in [0.4, 0.5) is 0 Å². The molecule has 4 heavy (non-hydrogen) atoms. The molecule has 15 valence electrons. The van der Waals surface area contributed by atoms with Gasteiger partial charge in [-0.2, -0.15) is 0 Å². The molecule has 1 nitrogen and oxygen atoms in total. The number of rotatable bonds is 0. The molecular weight excluding hydrogens is 210 g/mol. The minimum absolute atomic E-state index is 0. The average molecular weight is 211 g/mol. The van der Waals surface area contributed by atoms with Gasteiger partial charge in [0.15, 0.2) is 0 Å². The van der Waals surface area contributed by atoms with Crippen molar-refractivity contribution in [1.29, 1.82) is 0 Å². The van der Waals surface area contributed by atoms with Crippen molar-refractivity contribution in [2.24, 2.45) is 0 Å². The van der Waals surface area contributed by atoms with Crippen molar-refractivity contribution >= 4 is 18.9 Å². The van der Waals surface area contributed by atoms with E-state index in [0.29, 0.717) is 0 Å². The Morgan fingerprint density at radius 2 is 1.25 bits per heavy atom. The van der Waals surface area contributed by atoms with E-state index in [-0.39, 0.29) is 54.5 Å². The van der Waals surface area contributed by atoms with E-state index in [1.165, 1.54) is 0 Å². The van der Waals surface area contributed by atoms with Crippen LogP contribution in [0.3, 0.4) is 0 Å². The molecule has 4 heteroatoms. The normalized spacial score (nSPS) is 0.750. The molecule has 0 atom stereocenters. The summed E-state index contributed by atoms with van der Waals surface area (Å²) in [5, 5.41) is 0. The molecule has 0 amide bonds. The molecule has 0 N–H and O–H groups in total. The molecule has 0 heterocycles. The fraction of sp³-hybridized carbons (Fsp3) is 0. The van der Waals surface area contributed by atoms with Gasteiger partial charge in [-0.05, 0) is 0 Å². The Kier molecular flexibility index (Phi) is 75.1. The van der Waals surface area contributed by atoms with Gasteiger partial charge < -0.3 is 0 Å². The summed E-state index contributed by atoms with van der Waals surface area (Å²) < 4.78 is 8.25. The van der Waals surface area contributed by atoms with Crippen LogP contribution in [0.25, 0.3) is 0 Å². The fourth-order valence-electron chi connectivity index (χ4n) is 0. The van der Waals surface area contributed by atoms with Gasteiger partial charge in [0.05, 0.1) is 0 Å². The zero-order valence-electron chi connectivity index (χ0n) is 1.49. The van der Waals surface area contributed by atoms with E-state index in [9.17, 15) is 0 Å². The molecule has 0 fully saturated rings. The third kappa shape index (κ3) is 8.85. The summed E-state index contributed by atoms with van der Waals surface area (Å²) in [6.45, 7) is 0. The van der Waals surface area contributed by atoms with Gasteiger partial charge in [0.25, 0.3) is 0 Å². The van der Waals surface area contributed by atoms with E-state index in [0.717, 1.165) is 20.4 Å². The summed E-state index contributed by atoms with van der Waals surface area (Å²) in [6.07, 6.45) is 0. The van der Waals surface area contributed by atoms with E-state index in [1.807, 2.05) is 0 Å². The number of hydrogen-bond donors (Lipinski definition) is 0. The second kappa shape index (κ2) is 18.5. The van der Waals surface area contributed by atoms with E-state index in [4.69, 9.17) is 3.32 Å². The molecule has 0 aromatic rings. The Morgan fingerprint density at radius 3 is 1.25 bits per heavy atom. The molecule has 0 bridgehead atoms. The van der Waals surface area contributed by atoms with Crippen LogP contribution in [-0.2, 0) is 23.7 Å². The maximum atomic E-state index is 8.25. The third-order valence-corrected chi connectivity index (χ3v) is 0. The van der Waals surface area contributed by atoms with Gasteiger partial charge in [-0.1, -0.05) is 0 Å². The predicted molar refractivity (Wildman–Crippen MR) is 7.84 cm³/mol. The summed E-state index contributed by atoms with van der Waals surface area (Å²) in [5.41, 5.74) is 0. The van der Waals surface area contributed by atoms with E-state index >= 15 is 0 Å². The molecule has 0 aliphatic rings. The quantitative estimate of drug-likeness (QED) is 0.480. The van der Waals surface area contributed by atoms with Crippen molar-refractivity contribution in [3.05, 3.63) is 0 Å². The molecule has 0 saturated heterocycles. The second-order valence-electron chi connectivity index (χ2n) is 0. The third-order valence-electron chi connectivity index (χ3n) is 0. The average Bonchev–Trinajstić information content (AvgIpc) is 1.00. The molecule has 0 aromatic carbocycles. The van der Waals surface area contributed by atoms with Crippen LogP contribution in [0.1, 0.15) is 0 Å².